The summed E-state index contributed by atoms with van der Waals surface area (Å²) < 4.78 is 23.6. The van der Waals surface area contributed by atoms with Gasteiger partial charge in [-0.05, 0) is 67.7 Å². The van der Waals surface area contributed by atoms with E-state index in [1.807, 2.05) is 4.90 Å². The van der Waals surface area contributed by atoms with Crippen LogP contribution in [0, 0.1) is 25.2 Å². The molecular formula is C19H30N2O3S. The van der Waals surface area contributed by atoms with Gasteiger partial charge in [0.05, 0.1) is 4.90 Å². The van der Waals surface area contributed by atoms with E-state index in [2.05, 4.69) is 20.8 Å². The molecule has 0 saturated carbocycles. The maximum atomic E-state index is 12.9. The Morgan fingerprint density at radius 1 is 1.24 bits per heavy atom. The average Bonchev–Trinajstić information content (AvgIpc) is 2.47. The van der Waals surface area contributed by atoms with Crippen molar-refractivity contribution in [2.24, 2.45) is 16.5 Å². The third-order valence-corrected chi connectivity index (χ3v) is 6.37. The zero-order valence-corrected chi connectivity index (χ0v) is 16.7. The number of nitrogens with zero attached hydrogens (tertiary/aromatic N) is 1. The summed E-state index contributed by atoms with van der Waals surface area (Å²) in [4.78, 5) is 14.7. The van der Waals surface area contributed by atoms with Crippen molar-refractivity contribution in [3.63, 3.8) is 0 Å². The molecule has 1 fully saturated rings. The first-order valence-electron chi connectivity index (χ1n) is 8.86. The highest BCUT2D eigenvalue weighted by atomic mass is 32.2. The monoisotopic (exact) mass is 366 g/mol. The molecule has 0 radical (unpaired) electrons. The van der Waals surface area contributed by atoms with Gasteiger partial charge in [0.1, 0.15) is 0 Å². The molecule has 1 aliphatic heterocycles. The van der Waals surface area contributed by atoms with E-state index in [0.29, 0.717) is 30.1 Å². The Balaban J connectivity index is 2.21. The van der Waals surface area contributed by atoms with Gasteiger partial charge in [-0.15, -0.1) is 0 Å². The summed E-state index contributed by atoms with van der Waals surface area (Å²) in [5.74, 6) is 0.531. The Hall–Kier alpha value is -1.40. The molecule has 5 nitrogen and oxygen atoms in total. The molecule has 2 rings (SSSR count). The molecule has 0 aliphatic carbocycles. The van der Waals surface area contributed by atoms with Gasteiger partial charge in [0.15, 0.2) is 0 Å². The first-order valence-corrected chi connectivity index (χ1v) is 10.4. The van der Waals surface area contributed by atoms with Crippen molar-refractivity contribution in [1.82, 2.24) is 4.90 Å². The maximum Gasteiger partial charge on any atom is 0.253 e. The van der Waals surface area contributed by atoms with Crippen LogP contribution < -0.4 is 5.14 Å². The molecule has 1 aliphatic rings. The zero-order chi connectivity index (χ0) is 19.0. The van der Waals surface area contributed by atoms with Crippen LogP contribution in [0.5, 0.6) is 0 Å². The topological polar surface area (TPSA) is 80.5 Å². The number of primary sulfonamides is 1. The summed E-state index contributed by atoms with van der Waals surface area (Å²) in [5.41, 5.74) is 2.04. The summed E-state index contributed by atoms with van der Waals surface area (Å²) in [6, 6.07) is 3.18. The Morgan fingerprint density at radius 2 is 1.80 bits per heavy atom. The number of likely N-dealkylation sites (tertiary alicyclic amines) is 1. The molecule has 1 heterocycles. The molecular weight excluding hydrogens is 336 g/mol. The molecule has 1 aromatic rings. The molecule has 6 heteroatoms. The van der Waals surface area contributed by atoms with Crippen molar-refractivity contribution >= 4 is 15.9 Å². The largest absolute Gasteiger partial charge is 0.339 e. The molecule has 0 atom stereocenters. The van der Waals surface area contributed by atoms with Crippen LogP contribution in [-0.4, -0.2) is 32.3 Å². The van der Waals surface area contributed by atoms with Crippen molar-refractivity contribution in [2.75, 3.05) is 13.1 Å². The second-order valence-corrected chi connectivity index (χ2v) is 9.69. The minimum Gasteiger partial charge on any atom is -0.339 e. The fourth-order valence-corrected chi connectivity index (χ4v) is 4.75. The quantitative estimate of drug-likeness (QED) is 0.888. The van der Waals surface area contributed by atoms with Gasteiger partial charge in [-0.2, -0.15) is 0 Å². The molecule has 1 aromatic carbocycles. The van der Waals surface area contributed by atoms with Gasteiger partial charge >= 0.3 is 0 Å². The van der Waals surface area contributed by atoms with Crippen LogP contribution >= 0.6 is 0 Å². The normalized spacial score (nSPS) is 17.8. The number of sulfonamides is 1. The highest BCUT2D eigenvalue weighted by Crippen LogP contribution is 2.37. The van der Waals surface area contributed by atoms with Crippen LogP contribution in [-0.2, 0) is 10.0 Å². The van der Waals surface area contributed by atoms with Crippen LogP contribution in [0.25, 0.3) is 0 Å². The number of carbonyl (C=O) groups is 1. The molecule has 1 amide bonds. The number of benzene rings is 1. The minimum atomic E-state index is -3.85. The van der Waals surface area contributed by atoms with E-state index in [9.17, 15) is 13.2 Å². The van der Waals surface area contributed by atoms with E-state index in [4.69, 9.17) is 5.14 Å². The standard InChI is InChI=1S/C19H30N2O3S/c1-13(2)12-19(5)6-8-21(9-7-19)18(22)16-10-14(3)15(4)17(11-16)25(20,23)24/h10-11,13H,6-9,12H2,1-5H3,(H2,20,23,24). The number of carbonyl (C=O) groups excluding carboxylic acids is 1. The fourth-order valence-electron chi connectivity index (χ4n) is 3.87. The lowest BCUT2D eigenvalue weighted by Crippen LogP contribution is -2.42. The Morgan fingerprint density at radius 3 is 2.28 bits per heavy atom. The van der Waals surface area contributed by atoms with E-state index in [1.165, 1.54) is 6.07 Å². The molecule has 25 heavy (non-hydrogen) atoms. The maximum absolute atomic E-state index is 12.9. The Labute approximate surface area is 151 Å². The van der Waals surface area contributed by atoms with Crippen molar-refractivity contribution in [3.8, 4) is 0 Å². The van der Waals surface area contributed by atoms with Crippen LogP contribution in [0.3, 0.4) is 0 Å². The molecule has 2 N–H and O–H groups in total. The summed E-state index contributed by atoms with van der Waals surface area (Å²) in [6.45, 7) is 11.7. The first kappa shape index (κ1) is 19.9. The van der Waals surface area contributed by atoms with Crippen LogP contribution in [0.2, 0.25) is 0 Å². The predicted molar refractivity (Wildman–Crippen MR) is 100.0 cm³/mol. The molecule has 0 spiro atoms. The number of piperidine rings is 1. The van der Waals surface area contributed by atoms with Crippen molar-refractivity contribution < 1.29 is 13.2 Å². The molecule has 1 saturated heterocycles. The fraction of sp³-hybridized carbons (Fsp3) is 0.632. The van der Waals surface area contributed by atoms with Gasteiger partial charge < -0.3 is 4.90 Å². The lowest BCUT2D eigenvalue weighted by Gasteiger charge is -2.40. The third kappa shape index (κ3) is 4.61. The lowest BCUT2D eigenvalue weighted by molar-refractivity contribution is 0.0570. The van der Waals surface area contributed by atoms with Gasteiger partial charge in [-0.1, -0.05) is 20.8 Å². The van der Waals surface area contributed by atoms with E-state index < -0.39 is 10.0 Å². The summed E-state index contributed by atoms with van der Waals surface area (Å²) in [6.07, 6.45) is 3.11. The predicted octanol–water partition coefficient (Wildman–Crippen LogP) is 3.24. The Kier molecular flexibility index (Phi) is 5.64. The van der Waals surface area contributed by atoms with Crippen molar-refractivity contribution in [2.45, 2.75) is 58.8 Å². The number of hydrogen-bond donors (Lipinski definition) is 1. The van der Waals surface area contributed by atoms with Crippen LogP contribution in [0.15, 0.2) is 17.0 Å². The van der Waals surface area contributed by atoms with E-state index in [1.54, 1.807) is 19.9 Å². The second-order valence-electron chi connectivity index (χ2n) is 8.16. The highest BCUT2D eigenvalue weighted by molar-refractivity contribution is 7.89. The van der Waals surface area contributed by atoms with Gasteiger partial charge in [0, 0.05) is 18.7 Å². The van der Waals surface area contributed by atoms with E-state index in [-0.39, 0.29) is 16.2 Å². The molecule has 0 bridgehead atoms. The lowest BCUT2D eigenvalue weighted by atomic mass is 9.74. The summed E-state index contributed by atoms with van der Waals surface area (Å²) >= 11 is 0. The van der Waals surface area contributed by atoms with Gasteiger partial charge in [-0.25, -0.2) is 13.6 Å². The van der Waals surface area contributed by atoms with Gasteiger partial charge in [-0.3, -0.25) is 4.79 Å². The van der Waals surface area contributed by atoms with Gasteiger partial charge in [0.2, 0.25) is 10.0 Å². The molecule has 140 valence electrons. The minimum absolute atomic E-state index is 0.0394. The highest BCUT2D eigenvalue weighted by Gasteiger charge is 2.33. The number of aryl methyl sites for hydroxylation is 1. The van der Waals surface area contributed by atoms with Crippen LogP contribution in [0.4, 0.5) is 0 Å². The van der Waals surface area contributed by atoms with E-state index in [0.717, 1.165) is 24.8 Å². The van der Waals surface area contributed by atoms with E-state index >= 15 is 0 Å². The average molecular weight is 367 g/mol. The smallest absolute Gasteiger partial charge is 0.253 e. The Bertz CT molecular complexity index is 761. The van der Waals surface area contributed by atoms with Crippen molar-refractivity contribution in [1.29, 1.82) is 0 Å². The second kappa shape index (κ2) is 7.08. The number of rotatable bonds is 4. The van der Waals surface area contributed by atoms with Crippen molar-refractivity contribution in [3.05, 3.63) is 28.8 Å². The van der Waals surface area contributed by atoms with Crippen LogP contribution in [0.1, 0.15) is 61.5 Å². The molecule has 0 unspecified atom stereocenters. The molecule has 0 aromatic heterocycles. The summed E-state index contributed by atoms with van der Waals surface area (Å²) in [7, 11) is -3.85. The summed E-state index contributed by atoms with van der Waals surface area (Å²) in [5, 5.41) is 5.30. The number of hydrogen-bond acceptors (Lipinski definition) is 3. The first-order chi connectivity index (χ1) is 11.4. The van der Waals surface area contributed by atoms with Gasteiger partial charge in [0.25, 0.3) is 5.91 Å². The number of nitrogens with two attached hydrogens (primary N) is 1. The third-order valence-electron chi connectivity index (χ3n) is 5.33. The zero-order valence-electron chi connectivity index (χ0n) is 15.9. The SMILES string of the molecule is Cc1cc(C(=O)N2CCC(C)(CC(C)C)CC2)cc(S(N)(=O)=O)c1C. The number of amides is 1.